The summed E-state index contributed by atoms with van der Waals surface area (Å²) in [6.45, 7) is 1.58. The molecule has 0 fully saturated rings. The smallest absolute Gasteiger partial charge is 0.408 e. The van der Waals surface area contributed by atoms with Crippen LogP contribution in [0.3, 0.4) is 0 Å². The van der Waals surface area contributed by atoms with Gasteiger partial charge >= 0.3 is 5.76 Å². The van der Waals surface area contributed by atoms with E-state index in [4.69, 9.17) is 4.42 Å². The number of aryl methyl sites for hydroxylation is 1. The second-order valence-corrected chi connectivity index (χ2v) is 10.7. The first-order chi connectivity index (χ1) is 16.7. The predicted molar refractivity (Wildman–Crippen MR) is 126 cm³/mol. The van der Waals surface area contributed by atoms with Gasteiger partial charge in [0.25, 0.3) is 10.0 Å². The molecule has 1 unspecified atom stereocenters. The van der Waals surface area contributed by atoms with E-state index in [1.54, 1.807) is 0 Å². The first kappa shape index (κ1) is 23.2. The van der Waals surface area contributed by atoms with Gasteiger partial charge in [-0.25, -0.2) is 22.6 Å². The number of hydrogen-bond donors (Lipinski definition) is 2. The molecule has 4 aromatic rings. The molecule has 0 saturated heterocycles. The number of benzene rings is 2. The van der Waals surface area contributed by atoms with Gasteiger partial charge in [-0.15, -0.1) is 0 Å². The van der Waals surface area contributed by atoms with E-state index >= 15 is 0 Å². The van der Waals surface area contributed by atoms with Crippen LogP contribution in [-0.4, -0.2) is 34.3 Å². The van der Waals surface area contributed by atoms with Crippen LogP contribution in [0.4, 0.5) is 9.52 Å². The Morgan fingerprint density at radius 1 is 1.34 bits per heavy atom. The van der Waals surface area contributed by atoms with E-state index in [9.17, 15) is 22.4 Å². The number of fused-ring (bicyclic) bond motifs is 2. The monoisotopic (exact) mass is 517 g/mol. The topological polar surface area (TPSA) is 136 Å². The SMILES string of the molecule is CC(=O)NC1CCc2cccc(Cn3c(=O)oc4cc(S(=O)(=O)Nc5ncns5)c(F)cc43)c2C1. The summed E-state index contributed by atoms with van der Waals surface area (Å²) in [5.74, 6) is -1.88. The molecule has 2 N–H and O–H groups in total. The quantitative estimate of drug-likeness (QED) is 0.401. The van der Waals surface area contributed by atoms with Crippen LogP contribution >= 0.6 is 11.5 Å². The number of amides is 1. The van der Waals surface area contributed by atoms with Gasteiger partial charge < -0.3 is 9.73 Å². The van der Waals surface area contributed by atoms with Crippen LogP contribution < -0.4 is 15.8 Å². The maximum atomic E-state index is 15.0. The van der Waals surface area contributed by atoms with Gasteiger partial charge in [-0.2, -0.15) is 4.37 Å². The Morgan fingerprint density at radius 3 is 2.91 bits per heavy atom. The third-order valence-corrected chi connectivity index (χ3v) is 7.98. The van der Waals surface area contributed by atoms with Gasteiger partial charge in [-0.1, -0.05) is 18.2 Å². The van der Waals surface area contributed by atoms with Crippen LogP contribution in [-0.2, 0) is 34.2 Å². The highest BCUT2D eigenvalue weighted by molar-refractivity contribution is 7.93. The average molecular weight is 518 g/mol. The highest BCUT2D eigenvalue weighted by Gasteiger charge is 2.25. The summed E-state index contributed by atoms with van der Waals surface area (Å²) in [7, 11) is -4.32. The second kappa shape index (κ2) is 8.89. The lowest BCUT2D eigenvalue weighted by Crippen LogP contribution is -2.38. The zero-order valence-electron chi connectivity index (χ0n) is 18.4. The van der Waals surface area contributed by atoms with Crippen LogP contribution in [0.15, 0.2) is 50.8 Å². The number of carbonyl (C=O) groups excluding carboxylic acids is 1. The van der Waals surface area contributed by atoms with Crippen molar-refractivity contribution in [2.75, 3.05) is 4.72 Å². The molecule has 0 aliphatic heterocycles. The zero-order valence-corrected chi connectivity index (χ0v) is 20.1. The van der Waals surface area contributed by atoms with Crippen LogP contribution in [0.1, 0.15) is 30.0 Å². The van der Waals surface area contributed by atoms with Crippen molar-refractivity contribution < 1.29 is 22.0 Å². The van der Waals surface area contributed by atoms with E-state index in [1.807, 2.05) is 18.2 Å². The number of halogens is 1. The van der Waals surface area contributed by atoms with Gasteiger partial charge in [0.2, 0.25) is 11.0 Å². The van der Waals surface area contributed by atoms with Crippen LogP contribution in [0.2, 0.25) is 0 Å². The first-order valence-corrected chi connectivity index (χ1v) is 13.0. The number of hydrogen-bond acceptors (Lipinski definition) is 8. The molecule has 1 atom stereocenters. The number of oxazole rings is 1. The number of sulfonamides is 1. The summed E-state index contributed by atoms with van der Waals surface area (Å²) in [4.78, 5) is 27.3. The minimum Gasteiger partial charge on any atom is -0.408 e. The van der Waals surface area contributed by atoms with Crippen molar-refractivity contribution in [1.82, 2.24) is 19.2 Å². The van der Waals surface area contributed by atoms with E-state index in [0.717, 1.165) is 53.2 Å². The van der Waals surface area contributed by atoms with Gasteiger partial charge in [0.15, 0.2) is 5.58 Å². The number of carbonyl (C=O) groups is 1. The highest BCUT2D eigenvalue weighted by atomic mass is 32.2. The fourth-order valence-electron chi connectivity index (χ4n) is 4.40. The van der Waals surface area contributed by atoms with Crippen molar-refractivity contribution >= 4 is 43.7 Å². The average Bonchev–Trinajstić information content (AvgIpc) is 3.40. The maximum absolute atomic E-state index is 15.0. The predicted octanol–water partition coefficient (Wildman–Crippen LogP) is 2.43. The van der Waals surface area contributed by atoms with Crippen molar-refractivity contribution in [2.45, 2.75) is 43.7 Å². The van der Waals surface area contributed by atoms with E-state index in [2.05, 4.69) is 19.4 Å². The molecule has 0 spiro atoms. The standard InChI is InChI=1S/C22H20FN5O5S2/c1-12(29)26-15-6-5-13-3-2-4-14(16(13)7-15)10-28-18-8-17(23)20(9-19(18)33-22(28)30)35(31,32)27-21-24-11-25-34-21/h2-4,8-9,11,15H,5-7,10H2,1H3,(H,26,29)(H,24,25,27). The molecule has 2 aromatic carbocycles. The normalized spacial score (nSPS) is 15.7. The Morgan fingerprint density at radius 2 is 2.17 bits per heavy atom. The Balaban J connectivity index is 1.50. The molecule has 182 valence electrons. The molecule has 13 heteroatoms. The summed E-state index contributed by atoms with van der Waals surface area (Å²) in [6, 6.07) is 7.74. The van der Waals surface area contributed by atoms with E-state index < -0.39 is 26.5 Å². The summed E-state index contributed by atoms with van der Waals surface area (Å²) >= 11 is 0.802. The zero-order chi connectivity index (χ0) is 24.7. The highest BCUT2D eigenvalue weighted by Crippen LogP contribution is 2.28. The molecule has 0 bridgehead atoms. The molecule has 1 aliphatic carbocycles. The molecule has 1 amide bonds. The lowest BCUT2D eigenvalue weighted by molar-refractivity contribution is -0.119. The van der Waals surface area contributed by atoms with Gasteiger partial charge in [0, 0.05) is 36.6 Å². The Kier molecular flexibility index (Phi) is 5.89. The molecule has 2 aromatic heterocycles. The number of anilines is 1. The third-order valence-electron chi connectivity index (χ3n) is 5.91. The number of aromatic nitrogens is 3. The molecule has 5 rings (SSSR count). The van der Waals surface area contributed by atoms with Crippen molar-refractivity contribution in [3.63, 3.8) is 0 Å². The van der Waals surface area contributed by atoms with E-state index in [1.165, 1.54) is 17.8 Å². The summed E-state index contributed by atoms with van der Waals surface area (Å²) in [5, 5.41) is 2.93. The van der Waals surface area contributed by atoms with Crippen molar-refractivity contribution in [2.24, 2.45) is 0 Å². The lowest BCUT2D eigenvalue weighted by Gasteiger charge is -2.27. The van der Waals surface area contributed by atoms with Gasteiger partial charge in [-0.3, -0.25) is 14.1 Å². The van der Waals surface area contributed by atoms with E-state index in [-0.39, 0.29) is 34.7 Å². The van der Waals surface area contributed by atoms with Crippen LogP contribution in [0.5, 0.6) is 0 Å². The van der Waals surface area contributed by atoms with E-state index in [0.29, 0.717) is 6.42 Å². The molecule has 1 aliphatic rings. The molecule has 10 nitrogen and oxygen atoms in total. The minimum absolute atomic E-state index is 0.00953. The largest absolute Gasteiger partial charge is 0.420 e. The molecule has 2 heterocycles. The number of nitrogens with zero attached hydrogens (tertiary/aromatic N) is 3. The van der Waals surface area contributed by atoms with Gasteiger partial charge in [0.05, 0.1) is 12.1 Å². The summed E-state index contributed by atoms with van der Waals surface area (Å²) in [5.41, 5.74) is 3.08. The lowest BCUT2D eigenvalue weighted by atomic mass is 9.85. The second-order valence-electron chi connectivity index (χ2n) is 8.25. The summed E-state index contributed by atoms with van der Waals surface area (Å²) in [6.07, 6.45) is 3.39. The first-order valence-electron chi connectivity index (χ1n) is 10.7. The Labute approximate surface area is 203 Å². The van der Waals surface area contributed by atoms with Crippen LogP contribution in [0.25, 0.3) is 11.1 Å². The molecular weight excluding hydrogens is 497 g/mol. The molecule has 35 heavy (non-hydrogen) atoms. The Hall–Kier alpha value is -3.58. The van der Waals surface area contributed by atoms with Crippen molar-refractivity contribution in [3.8, 4) is 0 Å². The fourth-order valence-corrected chi connectivity index (χ4v) is 6.14. The van der Waals surface area contributed by atoms with Crippen molar-refractivity contribution in [1.29, 1.82) is 0 Å². The molecular formula is C22H20FN5O5S2. The minimum atomic E-state index is -4.32. The Bertz CT molecular complexity index is 1590. The van der Waals surface area contributed by atoms with Gasteiger partial charge in [0.1, 0.15) is 17.0 Å². The summed E-state index contributed by atoms with van der Waals surface area (Å²) < 4.78 is 52.7. The number of nitrogens with one attached hydrogen (secondary N) is 2. The van der Waals surface area contributed by atoms with Crippen molar-refractivity contribution in [3.05, 3.63) is 69.7 Å². The molecule has 0 saturated carbocycles. The fraction of sp³-hybridized carbons (Fsp3) is 0.273. The van der Waals surface area contributed by atoms with Crippen LogP contribution in [0, 0.1) is 5.82 Å². The maximum Gasteiger partial charge on any atom is 0.420 e. The third kappa shape index (κ3) is 4.56. The van der Waals surface area contributed by atoms with Gasteiger partial charge in [-0.05, 0) is 36.0 Å². The number of rotatable bonds is 6. The molecule has 0 radical (unpaired) electrons.